The number of amides is 3. The van der Waals surface area contributed by atoms with E-state index in [-0.39, 0.29) is 11.8 Å². The van der Waals surface area contributed by atoms with Crippen LogP contribution in [0.25, 0.3) is 0 Å². The quantitative estimate of drug-likeness (QED) is 0.472. The number of nitrogens with zero attached hydrogens (tertiary/aromatic N) is 1. The van der Waals surface area contributed by atoms with Gasteiger partial charge in [0.1, 0.15) is 5.60 Å². The molecule has 0 radical (unpaired) electrons. The number of hydrogen-bond acceptors (Lipinski definition) is 5. The maximum atomic E-state index is 13.4. The van der Waals surface area contributed by atoms with Crippen LogP contribution in [0.5, 0.6) is 0 Å². The summed E-state index contributed by atoms with van der Waals surface area (Å²) in [6.07, 6.45) is 6.43. The minimum absolute atomic E-state index is 0.0746. The van der Waals surface area contributed by atoms with Gasteiger partial charge in [0.2, 0.25) is 5.91 Å². The number of carbonyl (C=O) groups is 3. The number of ether oxygens (including phenoxy) is 1. The number of nitrogens with one attached hydrogen (secondary N) is 3. The molecular weight excluding hydrogens is 468 g/mol. The highest BCUT2D eigenvalue weighted by atomic mass is 16.6. The van der Waals surface area contributed by atoms with Crippen LogP contribution in [0.1, 0.15) is 80.8 Å². The third kappa shape index (κ3) is 7.02. The molecule has 0 atom stereocenters. The van der Waals surface area contributed by atoms with Gasteiger partial charge in [-0.25, -0.2) is 4.79 Å². The summed E-state index contributed by atoms with van der Waals surface area (Å²) in [5.74, 6) is -0.153. The molecule has 4 rings (SSSR count). The molecule has 3 amide bonds. The summed E-state index contributed by atoms with van der Waals surface area (Å²) in [4.78, 5) is 39.3. The second-order valence-electron chi connectivity index (χ2n) is 11.0. The molecule has 2 aliphatic rings. The summed E-state index contributed by atoms with van der Waals surface area (Å²) in [5.41, 5.74) is 4.16. The largest absolute Gasteiger partial charge is 0.444 e. The standard InChI is InChI=1S/C29H38N4O4/c1-29(2,3)37-28(36)30-18-19-10-14-23(24(16-19)31-21-8-6-5-7-9-21)27(35)32-22-13-11-20-12-15-26(34)33(4)25(20)17-22/h10-11,13-14,16-17,21,31H,5-9,12,15,18H2,1-4H3,(H,30,36)(H,32,35). The van der Waals surface area contributed by atoms with Gasteiger partial charge < -0.3 is 25.6 Å². The molecule has 0 spiro atoms. The van der Waals surface area contributed by atoms with Crippen LogP contribution in [0.3, 0.4) is 0 Å². The molecule has 3 N–H and O–H groups in total. The maximum Gasteiger partial charge on any atom is 0.407 e. The average molecular weight is 507 g/mol. The van der Waals surface area contributed by atoms with Crippen LogP contribution >= 0.6 is 0 Å². The predicted molar refractivity (Wildman–Crippen MR) is 146 cm³/mol. The van der Waals surface area contributed by atoms with E-state index in [0.29, 0.717) is 36.7 Å². The molecule has 8 nitrogen and oxygen atoms in total. The van der Waals surface area contributed by atoms with E-state index in [0.717, 1.165) is 35.3 Å². The summed E-state index contributed by atoms with van der Waals surface area (Å²) in [7, 11) is 1.77. The van der Waals surface area contributed by atoms with Crippen molar-refractivity contribution in [3.8, 4) is 0 Å². The molecular formula is C29H38N4O4. The van der Waals surface area contributed by atoms with E-state index >= 15 is 0 Å². The molecule has 0 bridgehead atoms. The highest BCUT2D eigenvalue weighted by Crippen LogP contribution is 2.31. The normalized spacial score (nSPS) is 16.1. The van der Waals surface area contributed by atoms with Crippen molar-refractivity contribution in [3.63, 3.8) is 0 Å². The Morgan fingerprint density at radius 1 is 1.03 bits per heavy atom. The Morgan fingerprint density at radius 2 is 1.78 bits per heavy atom. The van der Waals surface area contributed by atoms with E-state index in [2.05, 4.69) is 16.0 Å². The number of alkyl carbamates (subject to hydrolysis) is 1. The number of aryl methyl sites for hydroxylation is 1. The Bertz CT molecular complexity index is 1160. The zero-order chi connectivity index (χ0) is 26.6. The van der Waals surface area contributed by atoms with Crippen LogP contribution in [0, 0.1) is 0 Å². The van der Waals surface area contributed by atoms with Crippen LogP contribution < -0.4 is 20.9 Å². The third-order valence-corrected chi connectivity index (χ3v) is 6.82. The smallest absolute Gasteiger partial charge is 0.407 e. The van der Waals surface area contributed by atoms with Crippen LogP contribution in [0.15, 0.2) is 36.4 Å². The van der Waals surface area contributed by atoms with Crippen molar-refractivity contribution in [1.29, 1.82) is 0 Å². The zero-order valence-electron chi connectivity index (χ0n) is 22.3. The third-order valence-electron chi connectivity index (χ3n) is 6.82. The molecule has 2 aromatic rings. The molecule has 1 heterocycles. The monoisotopic (exact) mass is 506 g/mol. The number of anilines is 3. The van der Waals surface area contributed by atoms with Crippen molar-refractivity contribution in [2.24, 2.45) is 0 Å². The fourth-order valence-corrected chi connectivity index (χ4v) is 4.88. The average Bonchev–Trinajstić information content (AvgIpc) is 2.85. The van der Waals surface area contributed by atoms with Crippen molar-refractivity contribution in [1.82, 2.24) is 5.32 Å². The predicted octanol–water partition coefficient (Wildman–Crippen LogP) is 5.62. The molecule has 0 aromatic heterocycles. The van der Waals surface area contributed by atoms with Gasteiger partial charge >= 0.3 is 6.09 Å². The Morgan fingerprint density at radius 3 is 2.51 bits per heavy atom. The molecule has 37 heavy (non-hydrogen) atoms. The van der Waals surface area contributed by atoms with Gasteiger partial charge in [-0.3, -0.25) is 9.59 Å². The van der Waals surface area contributed by atoms with Crippen molar-refractivity contribution < 1.29 is 19.1 Å². The van der Waals surface area contributed by atoms with E-state index in [1.807, 2.05) is 51.1 Å². The van der Waals surface area contributed by atoms with Gasteiger partial charge in [0.25, 0.3) is 5.91 Å². The van der Waals surface area contributed by atoms with Crippen LogP contribution in [-0.2, 0) is 22.5 Å². The topological polar surface area (TPSA) is 99.8 Å². The lowest BCUT2D eigenvalue weighted by Crippen LogP contribution is -2.32. The number of carbonyl (C=O) groups excluding carboxylic acids is 3. The zero-order valence-corrected chi connectivity index (χ0v) is 22.3. The van der Waals surface area contributed by atoms with Gasteiger partial charge in [-0.2, -0.15) is 0 Å². The molecule has 1 fully saturated rings. The number of benzene rings is 2. The fourth-order valence-electron chi connectivity index (χ4n) is 4.88. The first kappa shape index (κ1) is 26.5. The van der Waals surface area contributed by atoms with E-state index in [9.17, 15) is 14.4 Å². The lowest BCUT2D eigenvalue weighted by atomic mass is 9.94. The molecule has 8 heteroatoms. The molecule has 2 aromatic carbocycles. The Hall–Kier alpha value is -3.55. The van der Waals surface area contributed by atoms with Gasteiger partial charge in [-0.1, -0.05) is 31.4 Å². The van der Waals surface area contributed by atoms with Gasteiger partial charge in [0.15, 0.2) is 0 Å². The maximum absolute atomic E-state index is 13.4. The summed E-state index contributed by atoms with van der Waals surface area (Å²) in [6.45, 7) is 5.77. The van der Waals surface area contributed by atoms with Crippen molar-refractivity contribution in [2.45, 2.75) is 83.9 Å². The summed E-state index contributed by atoms with van der Waals surface area (Å²) in [5, 5.41) is 9.39. The summed E-state index contributed by atoms with van der Waals surface area (Å²) < 4.78 is 5.34. The Labute approximate surface area is 219 Å². The van der Waals surface area contributed by atoms with Gasteiger partial charge in [-0.15, -0.1) is 0 Å². The summed E-state index contributed by atoms with van der Waals surface area (Å²) in [6, 6.07) is 11.6. The highest BCUT2D eigenvalue weighted by molar-refractivity contribution is 6.08. The molecule has 1 aliphatic heterocycles. The molecule has 0 saturated heterocycles. The highest BCUT2D eigenvalue weighted by Gasteiger charge is 2.23. The lowest BCUT2D eigenvalue weighted by Gasteiger charge is -2.27. The van der Waals surface area contributed by atoms with Crippen molar-refractivity contribution in [3.05, 3.63) is 53.1 Å². The minimum Gasteiger partial charge on any atom is -0.444 e. The van der Waals surface area contributed by atoms with Crippen LogP contribution in [-0.4, -0.2) is 36.6 Å². The fraction of sp³-hybridized carbons (Fsp3) is 0.483. The molecule has 198 valence electrons. The van der Waals surface area contributed by atoms with Crippen LogP contribution in [0.2, 0.25) is 0 Å². The SMILES string of the molecule is CN1C(=O)CCc2ccc(NC(=O)c3ccc(CNC(=O)OC(C)(C)C)cc3NC3CCCCC3)cc21. The van der Waals surface area contributed by atoms with E-state index in [1.54, 1.807) is 18.0 Å². The van der Waals surface area contributed by atoms with E-state index < -0.39 is 11.7 Å². The summed E-state index contributed by atoms with van der Waals surface area (Å²) >= 11 is 0. The van der Waals surface area contributed by atoms with Crippen molar-refractivity contribution in [2.75, 3.05) is 22.6 Å². The van der Waals surface area contributed by atoms with E-state index in [1.165, 1.54) is 19.3 Å². The van der Waals surface area contributed by atoms with E-state index in [4.69, 9.17) is 4.74 Å². The first-order chi connectivity index (χ1) is 17.6. The first-order valence-corrected chi connectivity index (χ1v) is 13.2. The lowest BCUT2D eigenvalue weighted by molar-refractivity contribution is -0.118. The second kappa shape index (κ2) is 11.2. The van der Waals surface area contributed by atoms with Crippen molar-refractivity contribution >= 4 is 35.0 Å². The molecule has 0 unspecified atom stereocenters. The minimum atomic E-state index is -0.571. The number of fused-ring (bicyclic) bond motifs is 1. The Kier molecular flexibility index (Phi) is 8.05. The number of hydrogen-bond donors (Lipinski definition) is 3. The Balaban J connectivity index is 1.52. The van der Waals surface area contributed by atoms with Gasteiger partial charge in [0, 0.05) is 43.1 Å². The second-order valence-corrected chi connectivity index (χ2v) is 11.0. The van der Waals surface area contributed by atoms with Gasteiger partial charge in [-0.05, 0) is 75.4 Å². The van der Waals surface area contributed by atoms with Gasteiger partial charge in [0.05, 0.1) is 5.56 Å². The van der Waals surface area contributed by atoms with Crippen LogP contribution in [0.4, 0.5) is 21.9 Å². The number of rotatable bonds is 6. The molecule has 1 aliphatic carbocycles. The molecule has 1 saturated carbocycles. The first-order valence-electron chi connectivity index (χ1n) is 13.2.